The van der Waals surface area contributed by atoms with Gasteiger partial charge in [-0.15, -0.1) is 0 Å². The predicted octanol–water partition coefficient (Wildman–Crippen LogP) is 0.586. The molecule has 0 radical (unpaired) electrons. The van der Waals surface area contributed by atoms with E-state index in [0.717, 1.165) is 0 Å². The minimum absolute atomic E-state index is 0.104. The highest BCUT2D eigenvalue weighted by atomic mass is 16.8. The van der Waals surface area contributed by atoms with Gasteiger partial charge in [-0.05, 0) is 19.9 Å². The third-order valence-electron chi connectivity index (χ3n) is 2.34. The quantitative estimate of drug-likeness (QED) is 0.454. The van der Waals surface area contributed by atoms with E-state index in [2.05, 4.69) is 4.99 Å². The summed E-state index contributed by atoms with van der Waals surface area (Å²) >= 11 is 0. The lowest BCUT2D eigenvalue weighted by atomic mass is 10.0. The lowest BCUT2D eigenvalue weighted by molar-refractivity contribution is -0.991. The molecule has 0 saturated carbocycles. The third-order valence-corrected chi connectivity index (χ3v) is 2.34. The number of nitrogens with zero attached hydrogens (tertiary/aromatic N) is 1. The number of carbonyl (C=O) groups excluding carboxylic acids is 2. The molecular formula is C12H14N2O4. The van der Waals surface area contributed by atoms with E-state index in [4.69, 9.17) is 5.21 Å². The average Bonchev–Trinajstić information content (AvgIpc) is 2.28. The van der Waals surface area contributed by atoms with Gasteiger partial charge < -0.3 is 5.21 Å². The van der Waals surface area contributed by atoms with Crippen LogP contribution in [0.3, 0.4) is 0 Å². The number of ketones is 2. The lowest BCUT2D eigenvalue weighted by Gasteiger charge is -2.11. The van der Waals surface area contributed by atoms with E-state index in [1.807, 2.05) is 0 Å². The molecule has 2 N–H and O–H groups in total. The fourth-order valence-electron chi connectivity index (χ4n) is 1.38. The molecule has 0 bridgehead atoms. The smallest absolute Gasteiger partial charge is 0.165 e. The highest BCUT2D eigenvalue weighted by Gasteiger charge is 2.16. The molecule has 0 aliphatic carbocycles. The molecule has 1 atom stereocenters. The second-order valence-corrected chi connectivity index (χ2v) is 3.83. The van der Waals surface area contributed by atoms with Crippen molar-refractivity contribution >= 4 is 29.2 Å². The molecule has 1 rings (SSSR count). The van der Waals surface area contributed by atoms with Crippen LogP contribution in [0.4, 0.5) is 11.4 Å². The zero-order valence-corrected chi connectivity index (χ0v) is 10.1. The van der Waals surface area contributed by atoms with Crippen molar-refractivity contribution in [1.82, 2.24) is 0 Å². The molecule has 96 valence electrons. The van der Waals surface area contributed by atoms with E-state index in [1.165, 1.54) is 32.2 Å². The van der Waals surface area contributed by atoms with Crippen molar-refractivity contribution in [2.75, 3.05) is 0 Å². The average molecular weight is 250 g/mol. The van der Waals surface area contributed by atoms with E-state index < -0.39 is 11.1 Å². The number of benzene rings is 1. The van der Waals surface area contributed by atoms with Gasteiger partial charge in [-0.1, -0.05) is 6.07 Å². The maximum Gasteiger partial charge on any atom is 0.165 e. The van der Waals surface area contributed by atoms with Gasteiger partial charge in [0.15, 0.2) is 5.69 Å². The Kier molecular flexibility index (Phi) is 4.85. The van der Waals surface area contributed by atoms with Crippen LogP contribution in [-0.4, -0.2) is 23.0 Å². The topological polar surface area (TPSA) is 94.2 Å². The van der Waals surface area contributed by atoms with Crippen molar-refractivity contribution in [3.8, 4) is 0 Å². The Balaban J connectivity index is 2.92. The van der Waals surface area contributed by atoms with Crippen LogP contribution < -0.4 is 5.23 Å². The van der Waals surface area contributed by atoms with Crippen molar-refractivity contribution < 1.29 is 20.0 Å². The van der Waals surface area contributed by atoms with E-state index in [1.54, 1.807) is 12.1 Å². The molecule has 18 heavy (non-hydrogen) atoms. The summed E-state index contributed by atoms with van der Waals surface area (Å²) in [6, 6.07) is 5.96. The standard InChI is InChI=1S/C12H14N2O4/c1-8(15)12(9(2)16)7-13-10-4-3-5-11(6-10)14(17)18/h3-7,12,14,17H,1-2H3. The SMILES string of the molecule is CC(=O)C(C=Nc1cccc([NH+]([O-])O)c1)C(C)=O. The monoisotopic (exact) mass is 250 g/mol. The molecule has 0 spiro atoms. The molecule has 0 saturated heterocycles. The summed E-state index contributed by atoms with van der Waals surface area (Å²) in [4.78, 5) is 26.3. The first kappa shape index (κ1) is 14.2. The highest BCUT2D eigenvalue weighted by molar-refractivity contribution is 6.13. The summed E-state index contributed by atoms with van der Waals surface area (Å²) in [5.41, 5.74) is 0.495. The number of hydrogen-bond acceptors (Lipinski definition) is 5. The van der Waals surface area contributed by atoms with Crippen molar-refractivity contribution in [1.29, 1.82) is 0 Å². The first-order valence-corrected chi connectivity index (χ1v) is 5.30. The maximum atomic E-state index is 11.2. The number of nitrogens with one attached hydrogen (secondary N) is 1. The fourth-order valence-corrected chi connectivity index (χ4v) is 1.38. The first-order chi connectivity index (χ1) is 8.41. The van der Waals surface area contributed by atoms with Crippen LogP contribution in [-0.2, 0) is 9.59 Å². The van der Waals surface area contributed by atoms with Crippen LogP contribution in [0.1, 0.15) is 13.8 Å². The summed E-state index contributed by atoms with van der Waals surface area (Å²) < 4.78 is 0. The van der Waals surface area contributed by atoms with Crippen molar-refractivity contribution in [3.63, 3.8) is 0 Å². The second kappa shape index (κ2) is 6.15. The Morgan fingerprint density at radius 3 is 2.50 bits per heavy atom. The Morgan fingerprint density at radius 1 is 1.39 bits per heavy atom. The number of carbonyl (C=O) groups is 2. The van der Waals surface area contributed by atoms with Crippen LogP contribution in [0.25, 0.3) is 0 Å². The number of rotatable bonds is 5. The van der Waals surface area contributed by atoms with Gasteiger partial charge in [-0.2, -0.15) is 5.23 Å². The molecule has 1 unspecified atom stereocenters. The molecule has 0 fully saturated rings. The molecule has 1 aromatic rings. The van der Waals surface area contributed by atoms with Gasteiger partial charge in [0.2, 0.25) is 0 Å². The van der Waals surface area contributed by atoms with Gasteiger partial charge in [0.1, 0.15) is 17.5 Å². The van der Waals surface area contributed by atoms with Crippen LogP contribution in [0.15, 0.2) is 29.3 Å². The minimum atomic E-state index is -1.05. The molecule has 1 aromatic carbocycles. The molecule has 0 aliphatic rings. The van der Waals surface area contributed by atoms with Gasteiger partial charge in [-0.3, -0.25) is 14.6 Å². The molecule has 0 aliphatic heterocycles. The Labute approximate surface area is 104 Å². The second-order valence-electron chi connectivity index (χ2n) is 3.83. The molecule has 0 heterocycles. The highest BCUT2D eigenvalue weighted by Crippen LogP contribution is 2.15. The maximum absolute atomic E-state index is 11.2. The molecule has 6 heteroatoms. The normalized spacial score (nSPS) is 12.9. The number of aliphatic imine (C=N–C) groups is 1. The molecule has 6 nitrogen and oxygen atoms in total. The molecule has 0 amide bonds. The van der Waals surface area contributed by atoms with Gasteiger partial charge >= 0.3 is 0 Å². The van der Waals surface area contributed by atoms with Crippen LogP contribution in [0, 0.1) is 11.1 Å². The first-order valence-electron chi connectivity index (χ1n) is 5.30. The summed E-state index contributed by atoms with van der Waals surface area (Å²) in [5, 5.41) is 18.5. The zero-order valence-electron chi connectivity index (χ0n) is 10.1. The number of quaternary nitrogens is 1. The van der Waals surface area contributed by atoms with Crippen molar-refractivity contribution in [2.24, 2.45) is 10.9 Å². The number of hydrogen-bond donors (Lipinski definition) is 2. The third kappa shape index (κ3) is 3.85. The van der Waals surface area contributed by atoms with E-state index in [0.29, 0.717) is 5.69 Å². The van der Waals surface area contributed by atoms with Crippen LogP contribution in [0.5, 0.6) is 0 Å². The summed E-state index contributed by atoms with van der Waals surface area (Å²) in [7, 11) is 0. The largest absolute Gasteiger partial charge is 0.595 e. The van der Waals surface area contributed by atoms with Gasteiger partial charge in [-0.25, -0.2) is 5.21 Å². The van der Waals surface area contributed by atoms with Gasteiger partial charge in [0.05, 0.1) is 5.69 Å². The Morgan fingerprint density at radius 2 is 2.00 bits per heavy atom. The summed E-state index contributed by atoms with van der Waals surface area (Å²) in [5.74, 6) is -1.46. The number of Topliss-reactive ketones (excluding diaryl/α,β-unsaturated/α-hetero) is 2. The molecular weight excluding hydrogens is 236 g/mol. The van der Waals surface area contributed by atoms with Gasteiger partial charge in [0.25, 0.3) is 0 Å². The van der Waals surface area contributed by atoms with E-state index >= 15 is 0 Å². The van der Waals surface area contributed by atoms with Crippen molar-refractivity contribution in [3.05, 3.63) is 29.5 Å². The van der Waals surface area contributed by atoms with Crippen molar-refractivity contribution in [2.45, 2.75) is 13.8 Å². The fraction of sp³-hybridized carbons (Fsp3) is 0.250. The lowest BCUT2D eigenvalue weighted by Crippen LogP contribution is -2.99. The van der Waals surface area contributed by atoms with E-state index in [-0.39, 0.29) is 17.3 Å². The van der Waals surface area contributed by atoms with E-state index in [9.17, 15) is 14.8 Å². The summed E-state index contributed by atoms with van der Waals surface area (Å²) in [6.07, 6.45) is 1.24. The van der Waals surface area contributed by atoms with Gasteiger partial charge in [0, 0.05) is 18.3 Å². The Hall–Kier alpha value is -1.89. The zero-order chi connectivity index (χ0) is 13.7. The van der Waals surface area contributed by atoms with Crippen LogP contribution in [0.2, 0.25) is 0 Å². The minimum Gasteiger partial charge on any atom is -0.595 e. The van der Waals surface area contributed by atoms with Crippen LogP contribution >= 0.6 is 0 Å². The molecule has 0 aromatic heterocycles. The Bertz CT molecular complexity index is 469. The predicted molar refractivity (Wildman–Crippen MR) is 65.2 cm³/mol. The summed E-state index contributed by atoms with van der Waals surface area (Å²) in [6.45, 7) is 2.62.